The van der Waals surface area contributed by atoms with Crippen molar-refractivity contribution in [2.45, 2.75) is 80.1 Å². The first-order valence-electron chi connectivity index (χ1n) is 11.7. The summed E-state index contributed by atoms with van der Waals surface area (Å²) in [6.45, 7) is 12.2. The number of Topliss-reactive ketones (excluding diaryl/α,β-unsaturated/α-hetero) is 1. The summed E-state index contributed by atoms with van der Waals surface area (Å²) >= 11 is 0. The van der Waals surface area contributed by atoms with Gasteiger partial charge in [0.05, 0.1) is 5.56 Å². The maximum Gasteiger partial charge on any atom is 0.342 e. The number of aromatic hydroxyl groups is 1. The maximum atomic E-state index is 12.2. The molecule has 1 aromatic carbocycles. The van der Waals surface area contributed by atoms with Crippen molar-refractivity contribution in [1.82, 2.24) is 0 Å². The number of benzene rings is 1. The highest BCUT2D eigenvalue weighted by Crippen LogP contribution is 2.23. The van der Waals surface area contributed by atoms with Gasteiger partial charge in [0.1, 0.15) is 17.9 Å². The highest BCUT2D eigenvalue weighted by atomic mass is 16.5. The standard InChI is InChI=1S/C29H40O4/c1-21(2)11-7-12-22(3)13-8-14-23(4)15-9-16-24(5)19-20-33-29(32)27-18-10-17-26(25(6)30)28(27)31/h10-11,13,15,17-19,31H,7-9,12,14,16,20H2,1-6H3/b22-13+,23-15+,24-19+. The summed E-state index contributed by atoms with van der Waals surface area (Å²) in [5.74, 6) is -1.26. The van der Waals surface area contributed by atoms with Crippen molar-refractivity contribution in [1.29, 1.82) is 0 Å². The third-order valence-electron chi connectivity index (χ3n) is 5.44. The quantitative estimate of drug-likeness (QED) is 0.188. The first-order chi connectivity index (χ1) is 15.6. The van der Waals surface area contributed by atoms with Gasteiger partial charge in [0.15, 0.2) is 5.78 Å². The van der Waals surface area contributed by atoms with Crippen LogP contribution in [0.1, 0.15) is 101 Å². The zero-order chi connectivity index (χ0) is 24.8. The van der Waals surface area contributed by atoms with Crippen molar-refractivity contribution in [3.8, 4) is 5.75 Å². The van der Waals surface area contributed by atoms with Gasteiger partial charge in [-0.3, -0.25) is 4.79 Å². The van der Waals surface area contributed by atoms with Crippen LogP contribution in [-0.4, -0.2) is 23.5 Å². The van der Waals surface area contributed by atoms with E-state index in [2.05, 4.69) is 45.9 Å². The molecule has 0 bridgehead atoms. The Balaban J connectivity index is 2.40. The first kappa shape index (κ1) is 28.2. The molecule has 0 saturated heterocycles. The Morgan fingerprint density at radius 1 is 0.758 bits per heavy atom. The minimum atomic E-state index is -0.639. The minimum Gasteiger partial charge on any atom is -0.506 e. The van der Waals surface area contributed by atoms with E-state index in [-0.39, 0.29) is 29.3 Å². The van der Waals surface area contributed by atoms with Crippen molar-refractivity contribution < 1.29 is 19.4 Å². The van der Waals surface area contributed by atoms with Crippen LogP contribution in [-0.2, 0) is 4.74 Å². The number of hydrogen-bond donors (Lipinski definition) is 1. The Morgan fingerprint density at radius 3 is 1.76 bits per heavy atom. The minimum absolute atomic E-state index is 0.00791. The van der Waals surface area contributed by atoms with Crippen LogP contribution >= 0.6 is 0 Å². The van der Waals surface area contributed by atoms with Gasteiger partial charge in [-0.2, -0.15) is 0 Å². The number of carbonyl (C=O) groups is 2. The number of para-hydroxylation sites is 1. The highest BCUT2D eigenvalue weighted by Gasteiger charge is 2.17. The van der Waals surface area contributed by atoms with E-state index in [1.807, 2.05) is 13.0 Å². The molecule has 1 N–H and O–H groups in total. The summed E-state index contributed by atoms with van der Waals surface area (Å²) in [4.78, 5) is 23.7. The molecule has 0 fully saturated rings. The molecule has 0 aliphatic carbocycles. The average molecular weight is 453 g/mol. The second-order valence-electron chi connectivity index (χ2n) is 8.91. The lowest BCUT2D eigenvalue weighted by molar-refractivity contribution is 0.0545. The molecule has 4 nitrogen and oxygen atoms in total. The van der Waals surface area contributed by atoms with Crippen LogP contribution in [0.25, 0.3) is 0 Å². The molecule has 0 saturated carbocycles. The molecule has 1 aromatic rings. The third-order valence-corrected chi connectivity index (χ3v) is 5.44. The van der Waals surface area contributed by atoms with Crippen molar-refractivity contribution in [3.05, 3.63) is 75.9 Å². The van der Waals surface area contributed by atoms with Crippen molar-refractivity contribution in [2.75, 3.05) is 6.61 Å². The zero-order valence-electron chi connectivity index (χ0n) is 21.2. The van der Waals surface area contributed by atoms with Gasteiger partial charge >= 0.3 is 5.97 Å². The van der Waals surface area contributed by atoms with E-state index in [9.17, 15) is 14.7 Å². The van der Waals surface area contributed by atoms with E-state index in [0.717, 1.165) is 44.1 Å². The number of hydrogen-bond acceptors (Lipinski definition) is 4. The summed E-state index contributed by atoms with van der Waals surface area (Å²) in [5.41, 5.74) is 5.49. The number of rotatable bonds is 13. The molecule has 0 heterocycles. The van der Waals surface area contributed by atoms with Crippen LogP contribution in [0.2, 0.25) is 0 Å². The lowest BCUT2D eigenvalue weighted by Crippen LogP contribution is -2.07. The van der Waals surface area contributed by atoms with E-state index >= 15 is 0 Å². The molecular formula is C29H40O4. The Bertz CT molecular complexity index is 925. The van der Waals surface area contributed by atoms with Gasteiger partial charge in [-0.15, -0.1) is 0 Å². The number of esters is 1. The van der Waals surface area contributed by atoms with Gasteiger partial charge in [0.2, 0.25) is 0 Å². The van der Waals surface area contributed by atoms with Gasteiger partial charge in [-0.25, -0.2) is 4.79 Å². The number of carbonyl (C=O) groups excluding carboxylic acids is 2. The van der Waals surface area contributed by atoms with Gasteiger partial charge in [0, 0.05) is 0 Å². The fraction of sp³-hybridized carbons (Fsp3) is 0.448. The molecule has 0 amide bonds. The Kier molecular flexibility index (Phi) is 12.8. The second kappa shape index (κ2) is 15.0. The summed E-state index contributed by atoms with van der Waals surface area (Å²) in [7, 11) is 0. The lowest BCUT2D eigenvalue weighted by atomic mass is 10.0. The Hall–Kier alpha value is -2.88. The smallest absolute Gasteiger partial charge is 0.342 e. The van der Waals surface area contributed by atoms with E-state index in [0.29, 0.717) is 0 Å². The normalized spacial score (nSPS) is 12.5. The molecule has 0 unspecified atom stereocenters. The summed E-state index contributed by atoms with van der Waals surface area (Å²) in [6.07, 6.45) is 15.0. The first-order valence-corrected chi connectivity index (χ1v) is 11.7. The molecule has 0 aliphatic rings. The summed E-state index contributed by atoms with van der Waals surface area (Å²) in [6, 6.07) is 4.50. The summed E-state index contributed by atoms with van der Waals surface area (Å²) < 4.78 is 5.25. The fourth-order valence-electron chi connectivity index (χ4n) is 3.32. The zero-order valence-corrected chi connectivity index (χ0v) is 21.2. The summed E-state index contributed by atoms with van der Waals surface area (Å²) in [5, 5.41) is 10.1. The van der Waals surface area contributed by atoms with E-state index in [4.69, 9.17) is 4.74 Å². The predicted octanol–water partition coefficient (Wildman–Crippen LogP) is 7.90. The van der Waals surface area contributed by atoms with Gasteiger partial charge < -0.3 is 9.84 Å². The Morgan fingerprint density at radius 2 is 1.24 bits per heavy atom. The molecule has 1 rings (SSSR count). The van der Waals surface area contributed by atoms with E-state index in [1.165, 1.54) is 35.8 Å². The highest BCUT2D eigenvalue weighted by molar-refractivity contribution is 6.02. The van der Waals surface area contributed by atoms with Crippen molar-refractivity contribution in [3.63, 3.8) is 0 Å². The average Bonchev–Trinajstić information content (AvgIpc) is 2.73. The molecule has 0 radical (unpaired) electrons. The molecular weight excluding hydrogens is 412 g/mol. The second-order valence-corrected chi connectivity index (χ2v) is 8.91. The van der Waals surface area contributed by atoms with E-state index < -0.39 is 5.97 Å². The van der Waals surface area contributed by atoms with E-state index in [1.54, 1.807) is 6.07 Å². The molecule has 0 atom stereocenters. The van der Waals surface area contributed by atoms with Gasteiger partial charge in [0.25, 0.3) is 0 Å². The largest absolute Gasteiger partial charge is 0.506 e. The maximum absolute atomic E-state index is 12.2. The van der Waals surface area contributed by atoms with Crippen molar-refractivity contribution in [2.24, 2.45) is 0 Å². The van der Waals surface area contributed by atoms with Crippen LogP contribution < -0.4 is 0 Å². The third kappa shape index (κ3) is 11.5. The van der Waals surface area contributed by atoms with Crippen LogP contribution in [0.15, 0.2) is 64.8 Å². The molecule has 180 valence electrons. The van der Waals surface area contributed by atoms with Crippen molar-refractivity contribution >= 4 is 11.8 Å². The lowest BCUT2D eigenvalue weighted by Gasteiger charge is -2.07. The topological polar surface area (TPSA) is 63.6 Å². The number of allylic oxidation sites excluding steroid dienone is 7. The van der Waals surface area contributed by atoms with Crippen LogP contribution in [0.5, 0.6) is 5.75 Å². The Labute approximate surface area is 199 Å². The van der Waals surface area contributed by atoms with Crippen LogP contribution in [0.4, 0.5) is 0 Å². The molecule has 4 heteroatoms. The molecule has 0 spiro atoms. The number of ether oxygens (including phenoxy) is 1. The predicted molar refractivity (Wildman–Crippen MR) is 137 cm³/mol. The number of phenols is 1. The molecule has 0 aliphatic heterocycles. The SMILES string of the molecule is CC(=O)c1cccc(C(=O)OC/C=C(\C)CC/C=C(\C)CC/C=C(\C)CCC=C(C)C)c1O. The van der Waals surface area contributed by atoms with Gasteiger partial charge in [-0.05, 0) is 98.3 Å². The number of phenolic OH excluding ortho intramolecular Hbond substituents is 1. The monoisotopic (exact) mass is 452 g/mol. The fourth-order valence-corrected chi connectivity index (χ4v) is 3.32. The molecule has 33 heavy (non-hydrogen) atoms. The number of ketones is 1. The van der Waals surface area contributed by atoms with Gasteiger partial charge in [-0.1, -0.05) is 46.6 Å². The van der Waals surface area contributed by atoms with Crippen LogP contribution in [0.3, 0.4) is 0 Å². The van der Waals surface area contributed by atoms with Crippen LogP contribution in [0, 0.1) is 0 Å². The molecule has 0 aromatic heterocycles.